The van der Waals surface area contributed by atoms with E-state index in [4.69, 9.17) is 22.1 Å². The molecule has 2 aromatic carbocycles. The number of hydrogen-bond acceptors (Lipinski definition) is 4. The van der Waals surface area contributed by atoms with E-state index in [1.165, 1.54) is 12.1 Å². The Morgan fingerprint density at radius 2 is 1.83 bits per heavy atom. The lowest BCUT2D eigenvalue weighted by Gasteiger charge is -2.09. The number of amides is 1. The van der Waals surface area contributed by atoms with Crippen LogP contribution < -0.4 is 10.5 Å². The third kappa shape index (κ3) is 4.96. The molecule has 0 heterocycles. The van der Waals surface area contributed by atoms with Crippen molar-refractivity contribution in [2.75, 3.05) is 0 Å². The van der Waals surface area contributed by atoms with E-state index in [0.29, 0.717) is 17.2 Å². The number of rotatable bonds is 7. The molecular weight excluding hydrogens is 320 g/mol. The maximum absolute atomic E-state index is 10.8. The fraction of sp³-hybridized carbons (Fsp3) is 0.188. The first-order chi connectivity index (χ1) is 11.0. The third-order valence-corrected chi connectivity index (χ3v) is 3.49. The second-order valence-electron chi connectivity index (χ2n) is 4.94. The number of nitro benzene ring substituents is 1. The first-order valence-electron chi connectivity index (χ1n) is 6.88. The number of carbonyl (C=O) groups is 1. The summed E-state index contributed by atoms with van der Waals surface area (Å²) in [7, 11) is 0. The van der Waals surface area contributed by atoms with Gasteiger partial charge in [0.15, 0.2) is 0 Å². The van der Waals surface area contributed by atoms with Crippen molar-refractivity contribution < 1.29 is 14.5 Å². The predicted octanol–water partition coefficient (Wildman–Crippen LogP) is 3.25. The van der Waals surface area contributed by atoms with E-state index in [1.807, 2.05) is 6.07 Å². The van der Waals surface area contributed by atoms with Gasteiger partial charge in [0.05, 0.1) is 9.95 Å². The van der Waals surface area contributed by atoms with Crippen LogP contribution in [0.1, 0.15) is 17.5 Å². The van der Waals surface area contributed by atoms with Gasteiger partial charge in [-0.25, -0.2) is 0 Å². The lowest BCUT2D eigenvalue weighted by atomic mass is 10.1. The Morgan fingerprint density at radius 3 is 2.39 bits per heavy atom. The maximum atomic E-state index is 10.8. The predicted molar refractivity (Wildman–Crippen MR) is 86.4 cm³/mol. The topological polar surface area (TPSA) is 95.5 Å². The monoisotopic (exact) mass is 334 g/mol. The number of hydrogen-bond donors (Lipinski definition) is 1. The van der Waals surface area contributed by atoms with E-state index in [1.54, 1.807) is 24.3 Å². The second kappa shape index (κ2) is 7.60. The highest BCUT2D eigenvalue weighted by molar-refractivity contribution is 6.32. The number of benzene rings is 2. The fourth-order valence-corrected chi connectivity index (χ4v) is 2.22. The zero-order valence-electron chi connectivity index (χ0n) is 12.2. The highest BCUT2D eigenvalue weighted by atomic mass is 35.5. The number of primary amides is 1. The summed E-state index contributed by atoms with van der Waals surface area (Å²) in [4.78, 5) is 20.9. The molecule has 2 aromatic rings. The lowest BCUT2D eigenvalue weighted by Crippen LogP contribution is -2.11. The van der Waals surface area contributed by atoms with Crippen LogP contribution in [-0.2, 0) is 17.8 Å². The van der Waals surface area contributed by atoms with Crippen LogP contribution in [-0.4, -0.2) is 10.8 Å². The average molecular weight is 335 g/mol. The van der Waals surface area contributed by atoms with Crippen molar-refractivity contribution in [3.8, 4) is 5.75 Å². The zero-order chi connectivity index (χ0) is 16.8. The SMILES string of the molecule is NC(=O)CCc1ccc(OCc2ccc([N+](=O)[O-])cc2)c(Cl)c1. The lowest BCUT2D eigenvalue weighted by molar-refractivity contribution is -0.384. The summed E-state index contributed by atoms with van der Waals surface area (Å²) >= 11 is 6.15. The Bertz CT molecular complexity index is 717. The Morgan fingerprint density at radius 1 is 1.17 bits per heavy atom. The van der Waals surface area contributed by atoms with E-state index in [2.05, 4.69) is 0 Å². The Hall–Kier alpha value is -2.60. The van der Waals surface area contributed by atoms with Crippen LogP contribution in [0.2, 0.25) is 5.02 Å². The van der Waals surface area contributed by atoms with Crippen LogP contribution in [0.3, 0.4) is 0 Å². The van der Waals surface area contributed by atoms with Gasteiger partial charge in [0, 0.05) is 18.6 Å². The largest absolute Gasteiger partial charge is 0.487 e. The van der Waals surface area contributed by atoms with Crippen molar-refractivity contribution in [1.82, 2.24) is 0 Å². The molecule has 0 fully saturated rings. The number of halogens is 1. The fourth-order valence-electron chi connectivity index (χ4n) is 1.96. The molecule has 0 saturated carbocycles. The van der Waals surface area contributed by atoms with Gasteiger partial charge in [-0.05, 0) is 41.8 Å². The smallest absolute Gasteiger partial charge is 0.269 e. The standard InChI is InChI=1S/C16H15ClN2O4/c17-14-9-11(4-8-16(18)20)3-7-15(14)23-10-12-1-5-13(6-2-12)19(21)22/h1-3,5-7,9H,4,8,10H2,(H2,18,20). The maximum Gasteiger partial charge on any atom is 0.269 e. The molecule has 0 aromatic heterocycles. The second-order valence-corrected chi connectivity index (χ2v) is 5.35. The van der Waals surface area contributed by atoms with Crippen LogP contribution in [0.25, 0.3) is 0 Å². The van der Waals surface area contributed by atoms with Crippen LogP contribution >= 0.6 is 11.6 Å². The molecule has 6 nitrogen and oxygen atoms in total. The molecule has 0 radical (unpaired) electrons. The summed E-state index contributed by atoms with van der Waals surface area (Å²) in [5.41, 5.74) is 6.84. The first kappa shape index (κ1) is 16.8. The number of nitrogens with two attached hydrogens (primary N) is 1. The molecular formula is C16H15ClN2O4. The summed E-state index contributed by atoms with van der Waals surface area (Å²) in [5, 5.41) is 11.0. The summed E-state index contributed by atoms with van der Waals surface area (Å²) < 4.78 is 5.61. The summed E-state index contributed by atoms with van der Waals surface area (Å²) in [5.74, 6) is 0.146. The van der Waals surface area contributed by atoms with Gasteiger partial charge in [-0.15, -0.1) is 0 Å². The van der Waals surface area contributed by atoms with Crippen molar-refractivity contribution in [2.24, 2.45) is 5.73 Å². The number of non-ortho nitro benzene ring substituents is 1. The highest BCUT2D eigenvalue weighted by Gasteiger charge is 2.07. The molecule has 0 saturated heterocycles. The minimum Gasteiger partial charge on any atom is -0.487 e. The Kier molecular flexibility index (Phi) is 5.54. The molecule has 0 spiro atoms. The molecule has 0 aliphatic rings. The number of carbonyl (C=O) groups excluding carboxylic acids is 1. The third-order valence-electron chi connectivity index (χ3n) is 3.20. The van der Waals surface area contributed by atoms with Gasteiger partial charge in [0.2, 0.25) is 5.91 Å². The van der Waals surface area contributed by atoms with Gasteiger partial charge in [-0.1, -0.05) is 17.7 Å². The van der Waals surface area contributed by atoms with E-state index in [-0.39, 0.29) is 24.6 Å². The zero-order valence-corrected chi connectivity index (χ0v) is 13.0. The Balaban J connectivity index is 1.97. The van der Waals surface area contributed by atoms with Crippen molar-refractivity contribution in [2.45, 2.75) is 19.4 Å². The number of nitro groups is 1. The van der Waals surface area contributed by atoms with Crippen molar-refractivity contribution in [3.05, 3.63) is 68.7 Å². The number of aryl methyl sites for hydroxylation is 1. The molecule has 1 amide bonds. The van der Waals surface area contributed by atoms with Crippen LogP contribution in [0.5, 0.6) is 5.75 Å². The summed E-state index contributed by atoms with van der Waals surface area (Å²) in [6.07, 6.45) is 0.789. The van der Waals surface area contributed by atoms with Crippen LogP contribution in [0.4, 0.5) is 5.69 Å². The van der Waals surface area contributed by atoms with E-state index in [0.717, 1.165) is 11.1 Å². The van der Waals surface area contributed by atoms with E-state index in [9.17, 15) is 14.9 Å². The van der Waals surface area contributed by atoms with Gasteiger partial charge in [0.1, 0.15) is 12.4 Å². The molecule has 2 N–H and O–H groups in total. The van der Waals surface area contributed by atoms with Gasteiger partial charge >= 0.3 is 0 Å². The number of ether oxygens (including phenoxy) is 1. The van der Waals surface area contributed by atoms with Gasteiger partial charge in [-0.3, -0.25) is 14.9 Å². The molecule has 120 valence electrons. The minimum atomic E-state index is -0.452. The highest BCUT2D eigenvalue weighted by Crippen LogP contribution is 2.27. The van der Waals surface area contributed by atoms with Gasteiger partial charge in [0.25, 0.3) is 5.69 Å². The molecule has 0 aliphatic heterocycles. The van der Waals surface area contributed by atoms with Gasteiger partial charge in [-0.2, -0.15) is 0 Å². The van der Waals surface area contributed by atoms with Crippen LogP contribution in [0, 0.1) is 10.1 Å². The number of nitrogens with zero attached hydrogens (tertiary/aromatic N) is 1. The molecule has 0 unspecified atom stereocenters. The minimum absolute atomic E-state index is 0.0330. The van der Waals surface area contributed by atoms with Gasteiger partial charge < -0.3 is 10.5 Å². The summed E-state index contributed by atoms with van der Waals surface area (Å²) in [6.45, 7) is 0.248. The summed E-state index contributed by atoms with van der Waals surface area (Å²) in [6, 6.07) is 11.4. The molecule has 7 heteroatoms. The van der Waals surface area contributed by atoms with Crippen molar-refractivity contribution >= 4 is 23.2 Å². The first-order valence-corrected chi connectivity index (χ1v) is 7.26. The Labute approximate surface area is 138 Å². The molecule has 23 heavy (non-hydrogen) atoms. The normalized spacial score (nSPS) is 10.3. The van der Waals surface area contributed by atoms with Crippen molar-refractivity contribution in [3.63, 3.8) is 0 Å². The molecule has 2 rings (SSSR count). The van der Waals surface area contributed by atoms with Crippen molar-refractivity contribution in [1.29, 1.82) is 0 Å². The average Bonchev–Trinajstić information content (AvgIpc) is 2.52. The molecule has 0 atom stereocenters. The van der Waals surface area contributed by atoms with Crippen LogP contribution in [0.15, 0.2) is 42.5 Å². The quantitative estimate of drug-likeness (QED) is 0.621. The molecule has 0 aliphatic carbocycles. The van der Waals surface area contributed by atoms with E-state index < -0.39 is 4.92 Å². The molecule has 0 bridgehead atoms. The van der Waals surface area contributed by atoms with E-state index >= 15 is 0 Å².